The van der Waals surface area contributed by atoms with Gasteiger partial charge in [0.2, 0.25) is 0 Å². The Morgan fingerprint density at radius 2 is 1.52 bits per heavy atom. The molecule has 118 valence electrons. The normalized spacial score (nSPS) is 11.6. The van der Waals surface area contributed by atoms with Crippen LogP contribution in [0, 0.1) is 5.82 Å². The second kappa shape index (κ2) is 6.00. The average Bonchev–Trinajstić information content (AvgIpc) is 2.52. The third-order valence-corrected chi connectivity index (χ3v) is 5.20. The minimum absolute atomic E-state index is 0.207. The second-order valence-corrected chi connectivity index (χ2v) is 7.33. The van der Waals surface area contributed by atoms with E-state index in [0.29, 0.717) is 5.69 Å². The lowest BCUT2D eigenvalue weighted by Crippen LogP contribution is -2.13. The van der Waals surface area contributed by atoms with Crippen molar-refractivity contribution < 1.29 is 12.8 Å². The number of anilines is 1. The van der Waals surface area contributed by atoms with Crippen LogP contribution in [0.2, 0.25) is 10.0 Å². The van der Waals surface area contributed by atoms with Crippen molar-refractivity contribution in [3.05, 3.63) is 70.5 Å². The van der Waals surface area contributed by atoms with Crippen LogP contribution >= 0.6 is 23.2 Å². The molecule has 0 fully saturated rings. The fraction of sp³-hybridized carbons (Fsp3) is 0. The van der Waals surface area contributed by atoms with Crippen molar-refractivity contribution in [2.75, 3.05) is 4.72 Å². The van der Waals surface area contributed by atoms with Crippen molar-refractivity contribution in [2.45, 2.75) is 4.90 Å². The standard InChI is InChI=1S/C16H10Cl2FNO2S/c17-13-8-11(9-14(18)16(13)19)23(21,22)20-15-7-3-5-10-4-1-2-6-12(10)15/h1-9,20H. The molecule has 23 heavy (non-hydrogen) atoms. The summed E-state index contributed by atoms with van der Waals surface area (Å²) >= 11 is 11.3. The van der Waals surface area contributed by atoms with Crippen LogP contribution in [0.1, 0.15) is 0 Å². The summed E-state index contributed by atoms with van der Waals surface area (Å²) in [5, 5.41) is 0.937. The van der Waals surface area contributed by atoms with Gasteiger partial charge in [0, 0.05) is 5.39 Å². The first-order chi connectivity index (χ1) is 10.9. The van der Waals surface area contributed by atoms with E-state index in [4.69, 9.17) is 23.2 Å². The van der Waals surface area contributed by atoms with E-state index >= 15 is 0 Å². The Morgan fingerprint density at radius 1 is 0.913 bits per heavy atom. The number of nitrogens with one attached hydrogen (secondary N) is 1. The van der Waals surface area contributed by atoms with E-state index in [1.165, 1.54) is 0 Å². The van der Waals surface area contributed by atoms with Gasteiger partial charge in [0.25, 0.3) is 10.0 Å². The quantitative estimate of drug-likeness (QED) is 0.653. The van der Waals surface area contributed by atoms with E-state index in [-0.39, 0.29) is 14.9 Å². The largest absolute Gasteiger partial charge is 0.279 e. The van der Waals surface area contributed by atoms with Crippen LogP contribution in [-0.2, 0) is 10.0 Å². The van der Waals surface area contributed by atoms with Crippen LogP contribution in [0.25, 0.3) is 10.8 Å². The summed E-state index contributed by atoms with van der Waals surface area (Å²) in [5.41, 5.74) is 0.416. The molecule has 0 unspecified atom stereocenters. The summed E-state index contributed by atoms with van der Waals surface area (Å²) in [5.74, 6) is -0.850. The molecular weight excluding hydrogens is 360 g/mol. The molecule has 0 aromatic heterocycles. The van der Waals surface area contributed by atoms with E-state index < -0.39 is 15.8 Å². The molecule has 3 rings (SSSR count). The lowest BCUT2D eigenvalue weighted by Gasteiger charge is -2.11. The summed E-state index contributed by atoms with van der Waals surface area (Å²) in [7, 11) is -3.95. The number of fused-ring (bicyclic) bond motifs is 1. The maximum atomic E-state index is 13.5. The molecule has 0 aliphatic carbocycles. The number of rotatable bonds is 3. The average molecular weight is 370 g/mol. The van der Waals surface area contributed by atoms with E-state index in [9.17, 15) is 12.8 Å². The van der Waals surface area contributed by atoms with Crippen molar-refractivity contribution in [2.24, 2.45) is 0 Å². The molecule has 3 aromatic rings. The van der Waals surface area contributed by atoms with Gasteiger partial charge in [0.15, 0.2) is 5.82 Å². The summed E-state index contributed by atoms with van der Waals surface area (Å²) in [6, 6.07) is 14.7. The molecule has 0 aliphatic rings. The van der Waals surface area contributed by atoms with Crippen LogP contribution in [0.5, 0.6) is 0 Å². The third kappa shape index (κ3) is 3.13. The highest BCUT2D eigenvalue weighted by atomic mass is 35.5. The Bertz CT molecular complexity index is 978. The molecular formula is C16H10Cl2FNO2S. The van der Waals surface area contributed by atoms with E-state index in [2.05, 4.69) is 4.72 Å². The van der Waals surface area contributed by atoms with Gasteiger partial charge in [-0.1, -0.05) is 59.6 Å². The first-order valence-corrected chi connectivity index (χ1v) is 8.77. The summed E-state index contributed by atoms with van der Waals surface area (Å²) in [6.07, 6.45) is 0. The number of sulfonamides is 1. The van der Waals surface area contributed by atoms with Gasteiger partial charge in [0.05, 0.1) is 20.6 Å². The zero-order valence-corrected chi connectivity index (χ0v) is 13.9. The smallest absolute Gasteiger partial charge is 0.262 e. The molecule has 3 aromatic carbocycles. The Balaban J connectivity index is 2.07. The van der Waals surface area contributed by atoms with Crippen LogP contribution in [-0.4, -0.2) is 8.42 Å². The molecule has 1 N–H and O–H groups in total. The molecule has 0 saturated carbocycles. The Labute approximate surface area is 142 Å². The SMILES string of the molecule is O=S(=O)(Nc1cccc2ccccc12)c1cc(Cl)c(F)c(Cl)c1. The molecule has 0 atom stereocenters. The van der Waals surface area contributed by atoms with Crippen molar-refractivity contribution in [1.82, 2.24) is 0 Å². The molecule has 0 heterocycles. The van der Waals surface area contributed by atoms with Crippen LogP contribution in [0.15, 0.2) is 59.5 Å². The highest BCUT2D eigenvalue weighted by Crippen LogP contribution is 2.30. The van der Waals surface area contributed by atoms with E-state index in [1.807, 2.05) is 24.3 Å². The van der Waals surface area contributed by atoms with Gasteiger partial charge in [-0.3, -0.25) is 4.72 Å². The fourth-order valence-electron chi connectivity index (χ4n) is 2.21. The van der Waals surface area contributed by atoms with Gasteiger partial charge in [-0.25, -0.2) is 12.8 Å². The molecule has 0 bridgehead atoms. The van der Waals surface area contributed by atoms with Crippen LogP contribution in [0.4, 0.5) is 10.1 Å². The highest BCUT2D eigenvalue weighted by molar-refractivity contribution is 7.92. The van der Waals surface area contributed by atoms with Crippen LogP contribution in [0.3, 0.4) is 0 Å². The Hall–Kier alpha value is -1.82. The molecule has 3 nitrogen and oxygen atoms in total. The van der Waals surface area contributed by atoms with Crippen molar-refractivity contribution in [1.29, 1.82) is 0 Å². The van der Waals surface area contributed by atoms with Crippen molar-refractivity contribution in [3.63, 3.8) is 0 Å². The first-order valence-electron chi connectivity index (χ1n) is 6.53. The Morgan fingerprint density at radius 3 is 2.22 bits per heavy atom. The molecule has 0 amide bonds. The molecule has 0 aliphatic heterocycles. The van der Waals surface area contributed by atoms with Gasteiger partial charge in [0.1, 0.15) is 0 Å². The summed E-state index contributed by atoms with van der Waals surface area (Å²) < 4.78 is 41.0. The second-order valence-electron chi connectivity index (χ2n) is 4.83. The number of hydrogen-bond acceptors (Lipinski definition) is 2. The van der Waals surface area contributed by atoms with E-state index in [1.54, 1.807) is 18.2 Å². The summed E-state index contributed by atoms with van der Waals surface area (Å²) in [4.78, 5) is -0.207. The minimum atomic E-state index is -3.95. The topological polar surface area (TPSA) is 46.2 Å². The monoisotopic (exact) mass is 369 g/mol. The number of benzene rings is 3. The zero-order valence-electron chi connectivity index (χ0n) is 11.6. The predicted octanol–water partition coefficient (Wildman–Crippen LogP) is 5.09. The fourth-order valence-corrected chi connectivity index (χ4v) is 3.95. The maximum absolute atomic E-state index is 13.5. The minimum Gasteiger partial charge on any atom is -0.279 e. The maximum Gasteiger partial charge on any atom is 0.262 e. The van der Waals surface area contributed by atoms with Gasteiger partial charge in [-0.2, -0.15) is 0 Å². The Kier molecular flexibility index (Phi) is 4.19. The molecule has 0 radical (unpaired) electrons. The zero-order chi connectivity index (χ0) is 16.6. The highest BCUT2D eigenvalue weighted by Gasteiger charge is 2.19. The molecule has 0 spiro atoms. The van der Waals surface area contributed by atoms with E-state index in [0.717, 1.165) is 22.9 Å². The van der Waals surface area contributed by atoms with Gasteiger partial charge in [-0.05, 0) is 23.6 Å². The molecule has 0 saturated heterocycles. The predicted molar refractivity (Wildman–Crippen MR) is 91.2 cm³/mol. The summed E-state index contributed by atoms with van der Waals surface area (Å²) in [6.45, 7) is 0. The number of halogens is 3. The van der Waals surface area contributed by atoms with Gasteiger partial charge in [-0.15, -0.1) is 0 Å². The number of hydrogen-bond donors (Lipinski definition) is 1. The molecule has 7 heteroatoms. The third-order valence-electron chi connectivity index (χ3n) is 3.30. The van der Waals surface area contributed by atoms with Gasteiger partial charge < -0.3 is 0 Å². The lowest BCUT2D eigenvalue weighted by atomic mass is 10.1. The van der Waals surface area contributed by atoms with Crippen LogP contribution < -0.4 is 4.72 Å². The van der Waals surface area contributed by atoms with Crippen molar-refractivity contribution in [3.8, 4) is 0 Å². The lowest BCUT2D eigenvalue weighted by molar-refractivity contribution is 0.600. The van der Waals surface area contributed by atoms with Gasteiger partial charge >= 0.3 is 0 Å². The van der Waals surface area contributed by atoms with Crippen molar-refractivity contribution >= 4 is 49.7 Å². The first kappa shape index (κ1) is 16.1.